The van der Waals surface area contributed by atoms with Crippen LogP contribution >= 0.6 is 0 Å². The second-order valence-electron chi connectivity index (χ2n) is 9.81. The van der Waals surface area contributed by atoms with Gasteiger partial charge in [0.2, 0.25) is 17.5 Å². The van der Waals surface area contributed by atoms with Gasteiger partial charge in [0, 0.05) is 58.3 Å². The van der Waals surface area contributed by atoms with Crippen molar-refractivity contribution in [3.05, 3.63) is 35.3 Å². The molecule has 196 valence electrons. The number of ketones is 1. The topological polar surface area (TPSA) is 82.8 Å². The van der Waals surface area contributed by atoms with Gasteiger partial charge in [0.25, 0.3) is 6.01 Å². The van der Waals surface area contributed by atoms with Crippen molar-refractivity contribution >= 4 is 23.5 Å². The Hall–Kier alpha value is -3.11. The van der Waals surface area contributed by atoms with Crippen molar-refractivity contribution < 1.29 is 27.2 Å². The number of alkyl halides is 3. The van der Waals surface area contributed by atoms with E-state index in [1.807, 2.05) is 23.6 Å². The van der Waals surface area contributed by atoms with Crippen molar-refractivity contribution in [3.63, 3.8) is 0 Å². The van der Waals surface area contributed by atoms with Crippen LogP contribution in [0.15, 0.2) is 22.7 Å². The van der Waals surface area contributed by atoms with Crippen LogP contribution in [0.25, 0.3) is 0 Å². The van der Waals surface area contributed by atoms with E-state index in [1.165, 1.54) is 6.20 Å². The third kappa shape index (κ3) is 6.17. The summed E-state index contributed by atoms with van der Waals surface area (Å²) in [5.74, 6) is -0.377. The number of Topliss-reactive ketones (excluding diaryl/α,β-unsaturated/α-hetero) is 1. The van der Waals surface area contributed by atoms with Gasteiger partial charge in [0.15, 0.2) is 5.69 Å². The van der Waals surface area contributed by atoms with Gasteiger partial charge in [-0.1, -0.05) is 19.9 Å². The van der Waals surface area contributed by atoms with Crippen molar-refractivity contribution in [2.75, 3.05) is 49.1 Å². The molecule has 2 aromatic rings. The van der Waals surface area contributed by atoms with Crippen LogP contribution in [-0.2, 0) is 17.4 Å². The molecule has 8 nitrogen and oxygen atoms in total. The minimum Gasteiger partial charge on any atom is -0.420 e. The van der Waals surface area contributed by atoms with Crippen molar-refractivity contribution in [2.45, 2.75) is 52.1 Å². The number of amides is 1. The van der Waals surface area contributed by atoms with Crippen LogP contribution in [0.1, 0.15) is 61.3 Å². The van der Waals surface area contributed by atoms with Gasteiger partial charge in [-0.05, 0) is 36.8 Å². The van der Waals surface area contributed by atoms with E-state index in [2.05, 4.69) is 9.97 Å². The van der Waals surface area contributed by atoms with Gasteiger partial charge in [0.1, 0.15) is 5.82 Å². The minimum atomic E-state index is -4.79. The maximum atomic E-state index is 13.6. The van der Waals surface area contributed by atoms with Crippen LogP contribution in [-0.4, -0.2) is 65.8 Å². The third-order valence-electron chi connectivity index (χ3n) is 6.48. The summed E-state index contributed by atoms with van der Waals surface area (Å²) in [5, 5.41) is 0. The molecule has 4 heterocycles. The molecular weight excluding hydrogens is 475 g/mol. The molecule has 2 aliphatic heterocycles. The second-order valence-corrected chi connectivity index (χ2v) is 9.81. The lowest BCUT2D eigenvalue weighted by Crippen LogP contribution is -2.49. The van der Waals surface area contributed by atoms with Gasteiger partial charge in [0.05, 0.1) is 0 Å². The number of hydrogen-bond acceptors (Lipinski definition) is 7. The van der Waals surface area contributed by atoms with Crippen molar-refractivity contribution in [1.82, 2.24) is 14.9 Å². The number of aromatic nitrogens is 2. The number of carbonyl (C=O) groups excluding carboxylic acids is 2. The summed E-state index contributed by atoms with van der Waals surface area (Å²) >= 11 is 0. The highest BCUT2D eigenvalue weighted by atomic mass is 19.4. The molecule has 2 aliphatic rings. The maximum Gasteiger partial charge on any atom is 0.437 e. The number of piperidine rings is 1. The molecule has 0 radical (unpaired) electrons. The lowest BCUT2D eigenvalue weighted by molar-refractivity contribution is -0.141. The quantitative estimate of drug-likeness (QED) is 0.520. The minimum absolute atomic E-state index is 0.148. The largest absolute Gasteiger partial charge is 0.437 e. The molecule has 0 aliphatic carbocycles. The molecule has 0 saturated carbocycles. The summed E-state index contributed by atoms with van der Waals surface area (Å²) in [6.07, 6.45) is -0.348. The average Bonchev–Trinajstić information content (AvgIpc) is 3.31. The molecule has 0 bridgehead atoms. The molecule has 0 aromatic carbocycles. The molecular formula is C25H32F3N5O3. The van der Waals surface area contributed by atoms with Crippen molar-refractivity contribution in [3.8, 4) is 0 Å². The zero-order chi connectivity index (χ0) is 25.9. The molecule has 2 fully saturated rings. The summed E-state index contributed by atoms with van der Waals surface area (Å²) < 4.78 is 46.1. The number of hydrogen-bond donors (Lipinski definition) is 0. The first kappa shape index (κ1) is 26.0. The monoisotopic (exact) mass is 507 g/mol. The average molecular weight is 508 g/mol. The fraction of sp³-hybridized carbons (Fsp3) is 0.600. The fourth-order valence-electron chi connectivity index (χ4n) is 4.55. The van der Waals surface area contributed by atoms with Gasteiger partial charge in [-0.2, -0.15) is 18.2 Å². The normalized spacial score (nSPS) is 17.1. The number of oxazole rings is 1. The van der Waals surface area contributed by atoms with Gasteiger partial charge in [-0.3, -0.25) is 9.59 Å². The smallest absolute Gasteiger partial charge is 0.420 e. The number of piperazine rings is 1. The first-order chi connectivity index (χ1) is 17.1. The first-order valence-corrected chi connectivity index (χ1v) is 12.5. The summed E-state index contributed by atoms with van der Waals surface area (Å²) in [4.78, 5) is 38.7. The molecule has 11 heteroatoms. The summed E-state index contributed by atoms with van der Waals surface area (Å²) in [6, 6.07) is 3.29. The van der Waals surface area contributed by atoms with Gasteiger partial charge in [-0.15, -0.1) is 0 Å². The van der Waals surface area contributed by atoms with Crippen molar-refractivity contribution in [1.29, 1.82) is 0 Å². The molecule has 2 saturated heterocycles. The lowest BCUT2D eigenvalue weighted by atomic mass is 10.1. The van der Waals surface area contributed by atoms with E-state index in [4.69, 9.17) is 4.42 Å². The number of halogens is 3. The molecule has 0 N–H and O–H groups in total. The Labute approximate surface area is 208 Å². The molecule has 4 rings (SSSR count). The second kappa shape index (κ2) is 10.9. The maximum absolute atomic E-state index is 13.6. The Kier molecular flexibility index (Phi) is 7.85. The summed E-state index contributed by atoms with van der Waals surface area (Å²) in [7, 11) is 0. The molecule has 2 aromatic heterocycles. The number of pyridine rings is 1. The molecule has 36 heavy (non-hydrogen) atoms. The molecule has 0 unspecified atom stereocenters. The molecule has 0 atom stereocenters. The third-order valence-corrected chi connectivity index (χ3v) is 6.48. The number of carbonyl (C=O) groups is 2. The Morgan fingerprint density at radius 2 is 1.69 bits per heavy atom. The van der Waals surface area contributed by atoms with E-state index >= 15 is 0 Å². The van der Waals surface area contributed by atoms with E-state index in [1.54, 1.807) is 17.0 Å². The highest BCUT2D eigenvalue weighted by Crippen LogP contribution is 2.35. The van der Waals surface area contributed by atoms with Crippen LogP contribution < -0.4 is 9.80 Å². The first-order valence-electron chi connectivity index (χ1n) is 12.5. The van der Waals surface area contributed by atoms with Crippen LogP contribution in [0.2, 0.25) is 0 Å². The molecule has 0 spiro atoms. The Balaban J connectivity index is 1.40. The Bertz CT molecular complexity index is 1050. The highest BCUT2D eigenvalue weighted by Gasteiger charge is 2.41. The zero-order valence-corrected chi connectivity index (χ0v) is 20.7. The Morgan fingerprint density at radius 3 is 2.28 bits per heavy atom. The van der Waals surface area contributed by atoms with E-state index in [9.17, 15) is 22.8 Å². The number of nitrogens with zero attached hydrogens (tertiary/aromatic N) is 5. The Morgan fingerprint density at radius 1 is 1.00 bits per heavy atom. The predicted molar refractivity (Wildman–Crippen MR) is 128 cm³/mol. The van der Waals surface area contributed by atoms with Gasteiger partial charge >= 0.3 is 6.18 Å². The fourth-order valence-corrected chi connectivity index (χ4v) is 4.55. The number of anilines is 2. The van der Waals surface area contributed by atoms with E-state index in [0.717, 1.165) is 19.3 Å². The van der Waals surface area contributed by atoms with E-state index in [0.29, 0.717) is 63.0 Å². The highest BCUT2D eigenvalue weighted by molar-refractivity contribution is 5.96. The van der Waals surface area contributed by atoms with E-state index < -0.39 is 23.4 Å². The summed E-state index contributed by atoms with van der Waals surface area (Å²) in [6.45, 7) is 7.64. The van der Waals surface area contributed by atoms with Crippen molar-refractivity contribution in [2.24, 2.45) is 5.92 Å². The standard InChI is InChI=1S/C25H32F3N5O3/c1-17(2)14-21(35)32-12-10-31(11-13-32)20-7-6-18(16-29-20)15-19(34)22-23(25(26,27)28)30-24(36-22)33-8-4-3-5-9-33/h6-7,16-17H,3-5,8-15H2,1-2H3. The van der Waals surface area contributed by atoms with E-state index in [-0.39, 0.29) is 18.3 Å². The number of rotatable bonds is 7. The van der Waals surface area contributed by atoms with Gasteiger partial charge in [-0.25, -0.2) is 4.98 Å². The lowest BCUT2D eigenvalue weighted by Gasteiger charge is -2.35. The summed E-state index contributed by atoms with van der Waals surface area (Å²) in [5.41, 5.74) is -0.791. The molecule has 1 amide bonds. The van der Waals surface area contributed by atoms with Gasteiger partial charge < -0.3 is 19.1 Å². The zero-order valence-electron chi connectivity index (χ0n) is 20.7. The predicted octanol–water partition coefficient (Wildman–Crippen LogP) is 4.20. The van der Waals surface area contributed by atoms with Crippen LogP contribution in [0.5, 0.6) is 0 Å². The van der Waals surface area contributed by atoms with Crippen LogP contribution in [0.4, 0.5) is 25.0 Å². The van der Waals surface area contributed by atoms with Crippen LogP contribution in [0.3, 0.4) is 0 Å². The SMILES string of the molecule is CC(C)CC(=O)N1CCN(c2ccc(CC(=O)c3oc(N4CCCCC4)nc3C(F)(F)F)cn2)CC1. The van der Waals surface area contributed by atoms with Crippen LogP contribution in [0, 0.1) is 5.92 Å².